The van der Waals surface area contributed by atoms with Crippen LogP contribution in [-0.4, -0.2) is 51.2 Å². The number of benzene rings is 1. The zero-order valence-corrected chi connectivity index (χ0v) is 16.3. The van der Waals surface area contributed by atoms with Crippen molar-refractivity contribution in [1.29, 1.82) is 0 Å². The number of carbonyl (C=O) groups excluding carboxylic acids is 1. The summed E-state index contributed by atoms with van der Waals surface area (Å²) >= 11 is 11.6. The van der Waals surface area contributed by atoms with Crippen LogP contribution in [0.25, 0.3) is 11.4 Å². The normalized spacial score (nSPS) is 22.5. The highest BCUT2D eigenvalue weighted by atomic mass is 35.5. The molecule has 1 fully saturated rings. The van der Waals surface area contributed by atoms with E-state index in [1.54, 1.807) is 4.68 Å². The van der Waals surface area contributed by atoms with Gasteiger partial charge in [-0.3, -0.25) is 0 Å². The van der Waals surface area contributed by atoms with Crippen molar-refractivity contribution in [2.75, 3.05) is 13.7 Å². The lowest BCUT2D eigenvalue weighted by molar-refractivity contribution is -0.928. The third-order valence-electron chi connectivity index (χ3n) is 4.68. The lowest BCUT2D eigenvalue weighted by Crippen LogP contribution is -3.14. The van der Waals surface area contributed by atoms with Gasteiger partial charge in [0.25, 0.3) is 0 Å². The molecule has 2 aromatic rings. The average molecular weight is 398 g/mol. The number of rotatable bonds is 5. The van der Waals surface area contributed by atoms with Crippen molar-refractivity contribution in [3.8, 4) is 11.4 Å². The van der Waals surface area contributed by atoms with Crippen molar-refractivity contribution in [3.05, 3.63) is 34.1 Å². The van der Waals surface area contributed by atoms with E-state index < -0.39 is 12.1 Å². The number of nitrogens with zero attached hydrogens (tertiary/aromatic N) is 3. The summed E-state index contributed by atoms with van der Waals surface area (Å²) in [5.74, 6) is 0.429. The van der Waals surface area contributed by atoms with Crippen molar-refractivity contribution in [2.24, 2.45) is 0 Å². The van der Waals surface area contributed by atoms with Gasteiger partial charge in [-0.1, -0.05) is 11.6 Å². The summed E-state index contributed by atoms with van der Waals surface area (Å²) in [4.78, 5) is 12.9. The highest BCUT2D eigenvalue weighted by molar-refractivity contribution is 7.71. The average Bonchev–Trinajstić information content (AvgIpc) is 3.15. The van der Waals surface area contributed by atoms with Gasteiger partial charge < -0.3 is 19.3 Å². The fraction of sp³-hybridized carbons (Fsp3) is 0.471. The van der Waals surface area contributed by atoms with Crippen molar-refractivity contribution >= 4 is 29.8 Å². The van der Waals surface area contributed by atoms with Crippen LogP contribution in [0, 0.1) is 4.77 Å². The lowest BCUT2D eigenvalue weighted by atomic mass is 10.2. The monoisotopic (exact) mass is 397 g/mol. The predicted octanol–water partition coefficient (Wildman–Crippen LogP) is 0.903. The topological polar surface area (TPSA) is 73.7 Å². The summed E-state index contributed by atoms with van der Waals surface area (Å²) in [5.41, 5.74) is 0.919. The van der Waals surface area contributed by atoms with E-state index in [1.165, 1.54) is 7.11 Å². The fourth-order valence-corrected chi connectivity index (χ4v) is 3.83. The second kappa shape index (κ2) is 7.87. The molecule has 0 amide bonds. The molecule has 1 aliphatic heterocycles. The number of likely N-dealkylation sites (tertiary alicyclic amines) is 1. The standard InChI is InChI=1S/C17H21ClN4O3S/c1-3-21-15(11-4-6-12(18)7-5-11)19-22(17(21)26)10-20-9-13(23)8-14(20)16(24)25-2/h4-7,13-14,23H,3,8-10H2,1-2H3/p+1/t13-,14+/m1/s1. The van der Waals surface area contributed by atoms with Gasteiger partial charge in [-0.25, -0.2) is 4.79 Å². The predicted molar refractivity (Wildman–Crippen MR) is 99.4 cm³/mol. The van der Waals surface area contributed by atoms with Crippen molar-refractivity contribution in [3.63, 3.8) is 0 Å². The van der Waals surface area contributed by atoms with Gasteiger partial charge in [0.1, 0.15) is 12.6 Å². The lowest BCUT2D eigenvalue weighted by Gasteiger charge is -2.18. The molecule has 0 spiro atoms. The highest BCUT2D eigenvalue weighted by Gasteiger charge is 2.41. The second-order valence-corrected chi connectivity index (χ2v) is 7.14. The van der Waals surface area contributed by atoms with Crippen molar-refractivity contribution in [2.45, 2.75) is 38.7 Å². The Morgan fingerprint density at radius 2 is 2.15 bits per heavy atom. The van der Waals surface area contributed by atoms with Gasteiger partial charge in [-0.15, -0.1) is 5.10 Å². The number of hydrogen-bond acceptors (Lipinski definition) is 5. The molecule has 3 atom stereocenters. The molecule has 0 radical (unpaired) electrons. The first-order chi connectivity index (χ1) is 12.4. The van der Waals surface area contributed by atoms with Crippen LogP contribution < -0.4 is 4.90 Å². The first-order valence-corrected chi connectivity index (χ1v) is 9.27. The molecule has 2 heterocycles. The van der Waals surface area contributed by atoms with Gasteiger partial charge in [0.2, 0.25) is 4.77 Å². The number of aliphatic hydroxyl groups excluding tert-OH is 1. The molecule has 7 nitrogen and oxygen atoms in total. The van der Waals surface area contributed by atoms with Crippen LogP contribution in [0.2, 0.25) is 5.02 Å². The minimum atomic E-state index is -0.535. The zero-order chi connectivity index (χ0) is 18.8. The van der Waals surface area contributed by atoms with E-state index in [1.807, 2.05) is 35.8 Å². The number of aromatic nitrogens is 3. The van der Waals surface area contributed by atoms with E-state index in [9.17, 15) is 9.90 Å². The Bertz CT molecular complexity index is 849. The van der Waals surface area contributed by atoms with E-state index in [4.69, 9.17) is 28.6 Å². The summed E-state index contributed by atoms with van der Waals surface area (Å²) < 4.78 is 9.10. The summed E-state index contributed by atoms with van der Waals surface area (Å²) in [7, 11) is 1.36. The van der Waals surface area contributed by atoms with E-state index in [0.29, 0.717) is 36.0 Å². The highest BCUT2D eigenvalue weighted by Crippen LogP contribution is 2.20. The largest absolute Gasteiger partial charge is 0.465 e. The number of carbonyl (C=O) groups is 1. The molecule has 0 saturated carbocycles. The molecule has 1 aromatic heterocycles. The van der Waals surface area contributed by atoms with Gasteiger partial charge in [-0.2, -0.15) is 4.68 Å². The minimum absolute atomic E-state index is 0.323. The smallest absolute Gasteiger partial charge is 0.364 e. The van der Waals surface area contributed by atoms with Crippen LogP contribution in [-0.2, 0) is 22.7 Å². The summed E-state index contributed by atoms with van der Waals surface area (Å²) in [5, 5.41) is 15.3. The number of halogens is 1. The number of ether oxygens (including phenoxy) is 1. The number of quaternary nitrogens is 1. The van der Waals surface area contributed by atoms with Crippen LogP contribution in [0.1, 0.15) is 13.3 Å². The molecule has 1 unspecified atom stereocenters. The first kappa shape index (κ1) is 19.0. The van der Waals surface area contributed by atoms with Crippen LogP contribution in [0.15, 0.2) is 24.3 Å². The zero-order valence-electron chi connectivity index (χ0n) is 14.7. The number of aliphatic hydroxyl groups is 1. The Morgan fingerprint density at radius 1 is 1.46 bits per heavy atom. The third kappa shape index (κ3) is 3.68. The van der Waals surface area contributed by atoms with Crippen LogP contribution >= 0.6 is 23.8 Å². The molecule has 1 saturated heterocycles. The van der Waals surface area contributed by atoms with Crippen LogP contribution in [0.5, 0.6) is 0 Å². The summed E-state index contributed by atoms with van der Waals surface area (Å²) in [6.07, 6.45) is -0.152. The van der Waals surface area contributed by atoms with Gasteiger partial charge >= 0.3 is 5.97 Å². The van der Waals surface area contributed by atoms with Crippen LogP contribution in [0.4, 0.5) is 0 Å². The third-order valence-corrected chi connectivity index (χ3v) is 5.36. The molecule has 3 rings (SSSR count). The van der Waals surface area contributed by atoms with E-state index >= 15 is 0 Å². The molecule has 9 heteroatoms. The molecule has 140 valence electrons. The van der Waals surface area contributed by atoms with Gasteiger partial charge in [0.15, 0.2) is 18.5 Å². The maximum Gasteiger partial charge on any atom is 0.364 e. The Kier molecular flexibility index (Phi) is 5.76. The maximum absolute atomic E-state index is 12.0. The van der Waals surface area contributed by atoms with E-state index in [2.05, 4.69) is 5.10 Å². The Labute approximate surface area is 161 Å². The number of esters is 1. The van der Waals surface area contributed by atoms with Gasteiger partial charge in [-0.05, 0) is 43.4 Å². The maximum atomic E-state index is 12.0. The van der Waals surface area contributed by atoms with Gasteiger partial charge in [0, 0.05) is 23.6 Å². The number of nitrogens with one attached hydrogen (secondary N) is 1. The fourth-order valence-electron chi connectivity index (χ4n) is 3.38. The van der Waals surface area contributed by atoms with Crippen molar-refractivity contribution < 1.29 is 19.5 Å². The van der Waals surface area contributed by atoms with E-state index in [0.717, 1.165) is 16.3 Å². The Balaban J connectivity index is 1.92. The molecular formula is C17H22ClN4O3S+. The van der Waals surface area contributed by atoms with Gasteiger partial charge in [0.05, 0.1) is 7.11 Å². The number of methoxy groups -OCH3 is 1. The second-order valence-electron chi connectivity index (χ2n) is 6.34. The molecule has 0 aliphatic carbocycles. The van der Waals surface area contributed by atoms with Crippen molar-refractivity contribution in [1.82, 2.24) is 14.3 Å². The molecule has 1 aromatic carbocycles. The SMILES string of the molecule is CCn1c(-c2ccc(Cl)cc2)nn(C[NH+]2C[C@H](O)C[C@H]2C(=O)OC)c1=S. The molecule has 26 heavy (non-hydrogen) atoms. The quantitative estimate of drug-likeness (QED) is 0.579. The first-order valence-electron chi connectivity index (χ1n) is 8.48. The Hall–Kier alpha value is -1.74. The molecule has 1 aliphatic rings. The van der Waals surface area contributed by atoms with Crippen LogP contribution in [0.3, 0.4) is 0 Å². The van der Waals surface area contributed by atoms with E-state index in [-0.39, 0.29) is 5.97 Å². The Morgan fingerprint density at radius 3 is 2.77 bits per heavy atom. The molecular weight excluding hydrogens is 376 g/mol. The minimum Gasteiger partial charge on any atom is -0.465 e. The summed E-state index contributed by atoms with van der Waals surface area (Å²) in [6, 6.07) is 7.02. The summed E-state index contributed by atoms with van der Waals surface area (Å²) in [6.45, 7) is 3.53. The molecule has 2 N–H and O–H groups in total. The number of hydrogen-bond donors (Lipinski definition) is 2. The molecule has 0 bridgehead atoms.